The molecule has 3 heterocycles. The van der Waals surface area contributed by atoms with E-state index in [1.165, 1.54) is 18.3 Å². The van der Waals surface area contributed by atoms with Crippen molar-refractivity contribution in [2.75, 3.05) is 4.90 Å². The molecule has 4 aromatic rings. The van der Waals surface area contributed by atoms with Crippen LogP contribution in [0.25, 0.3) is 16.6 Å². The van der Waals surface area contributed by atoms with Crippen molar-refractivity contribution in [1.82, 2.24) is 14.7 Å². The van der Waals surface area contributed by atoms with Gasteiger partial charge in [-0.2, -0.15) is 5.10 Å². The number of aliphatic imine (C=N–C) groups is 1. The van der Waals surface area contributed by atoms with Crippen molar-refractivity contribution in [3.8, 4) is 5.69 Å². The van der Waals surface area contributed by atoms with Gasteiger partial charge in [-0.05, 0) is 60.2 Å². The van der Waals surface area contributed by atoms with Crippen LogP contribution in [0.5, 0.6) is 0 Å². The number of hydrogen-bond acceptors (Lipinski definition) is 5. The van der Waals surface area contributed by atoms with E-state index in [1.54, 1.807) is 58.1 Å². The fourth-order valence-electron chi connectivity index (χ4n) is 5.52. The molecule has 1 aromatic heterocycles. The molecule has 1 fully saturated rings. The second kappa shape index (κ2) is 9.67. The summed E-state index contributed by atoms with van der Waals surface area (Å²) < 4.78 is 15.2. The Morgan fingerprint density at radius 2 is 1.79 bits per heavy atom. The molecule has 1 amide bonds. The molecule has 10 heteroatoms. The van der Waals surface area contributed by atoms with Gasteiger partial charge in [0.05, 0.1) is 35.4 Å². The van der Waals surface area contributed by atoms with E-state index in [4.69, 9.17) is 11.6 Å². The third-order valence-electron chi connectivity index (χ3n) is 7.28. The SMILES string of the molecule is CC1C(=O)N(c2ccc3c(cnn3-c3ccc(F)cc3)c2)C(c2ccccc2Cl)C1N1C=CC=NC1C(=O)O. The van der Waals surface area contributed by atoms with Gasteiger partial charge >= 0.3 is 5.97 Å². The minimum Gasteiger partial charge on any atom is -0.478 e. The molecular weight excluding hydrogens is 521 g/mol. The number of aliphatic carboxylic acids is 1. The summed E-state index contributed by atoms with van der Waals surface area (Å²) in [6.07, 6.45) is 5.31. The Kier molecular flexibility index (Phi) is 6.15. The molecule has 4 atom stereocenters. The lowest BCUT2D eigenvalue weighted by Gasteiger charge is -2.38. The highest BCUT2D eigenvalue weighted by Crippen LogP contribution is 2.46. The molecule has 1 saturated heterocycles. The molecule has 0 spiro atoms. The fraction of sp³-hybridized carbons (Fsp3) is 0.172. The third-order valence-corrected chi connectivity index (χ3v) is 7.63. The van der Waals surface area contributed by atoms with E-state index < -0.39 is 30.1 Å². The van der Waals surface area contributed by atoms with Gasteiger partial charge in [0.15, 0.2) is 0 Å². The van der Waals surface area contributed by atoms with Crippen LogP contribution in [0, 0.1) is 11.7 Å². The van der Waals surface area contributed by atoms with Crippen LogP contribution in [0.4, 0.5) is 10.1 Å². The molecule has 0 bridgehead atoms. The molecule has 0 radical (unpaired) electrons. The summed E-state index contributed by atoms with van der Waals surface area (Å²) in [5.41, 5.74) is 2.82. The molecule has 2 aliphatic rings. The Morgan fingerprint density at radius 3 is 2.54 bits per heavy atom. The van der Waals surface area contributed by atoms with E-state index in [1.807, 2.05) is 36.4 Å². The average Bonchev–Trinajstić information content (AvgIpc) is 3.47. The molecule has 39 heavy (non-hydrogen) atoms. The molecule has 1 N–H and O–H groups in total. The maximum absolute atomic E-state index is 13.9. The summed E-state index contributed by atoms with van der Waals surface area (Å²) in [6, 6.07) is 17.7. The van der Waals surface area contributed by atoms with Crippen molar-refractivity contribution in [1.29, 1.82) is 0 Å². The monoisotopic (exact) mass is 543 g/mol. The molecule has 0 saturated carbocycles. The average molecular weight is 544 g/mol. The van der Waals surface area contributed by atoms with Gasteiger partial charge in [0.25, 0.3) is 0 Å². The molecule has 6 rings (SSSR count). The zero-order chi connectivity index (χ0) is 27.3. The van der Waals surface area contributed by atoms with Crippen molar-refractivity contribution >= 4 is 46.3 Å². The molecule has 3 aromatic carbocycles. The Balaban J connectivity index is 1.47. The van der Waals surface area contributed by atoms with Crippen LogP contribution in [-0.4, -0.2) is 50.1 Å². The number of carboxylic acids is 1. The number of benzene rings is 3. The van der Waals surface area contributed by atoms with Crippen molar-refractivity contribution in [2.45, 2.75) is 25.2 Å². The maximum Gasteiger partial charge on any atom is 0.349 e. The maximum atomic E-state index is 13.9. The lowest BCUT2D eigenvalue weighted by atomic mass is 9.92. The summed E-state index contributed by atoms with van der Waals surface area (Å²) in [5, 5.41) is 15.6. The number of carboxylic acid groups (broad SMARTS) is 1. The molecule has 8 nitrogen and oxygen atoms in total. The number of anilines is 1. The Bertz CT molecular complexity index is 1650. The number of carbonyl (C=O) groups excluding carboxylic acids is 1. The van der Waals surface area contributed by atoms with Crippen LogP contribution in [0.2, 0.25) is 5.02 Å². The smallest absolute Gasteiger partial charge is 0.349 e. The van der Waals surface area contributed by atoms with Crippen LogP contribution in [0.1, 0.15) is 18.5 Å². The van der Waals surface area contributed by atoms with Crippen molar-refractivity contribution < 1.29 is 19.1 Å². The zero-order valence-electron chi connectivity index (χ0n) is 20.7. The van der Waals surface area contributed by atoms with E-state index in [-0.39, 0.29) is 11.7 Å². The molecule has 2 aliphatic heterocycles. The highest BCUT2D eigenvalue weighted by molar-refractivity contribution is 6.31. The van der Waals surface area contributed by atoms with Crippen molar-refractivity contribution in [3.63, 3.8) is 0 Å². The molecule has 196 valence electrons. The first-order chi connectivity index (χ1) is 18.8. The van der Waals surface area contributed by atoms with E-state index in [2.05, 4.69) is 10.1 Å². The van der Waals surface area contributed by atoms with Gasteiger partial charge in [-0.25, -0.2) is 13.9 Å². The van der Waals surface area contributed by atoms with Crippen LogP contribution in [-0.2, 0) is 9.59 Å². The fourth-order valence-corrected chi connectivity index (χ4v) is 5.76. The second-order valence-electron chi connectivity index (χ2n) is 9.53. The predicted octanol–water partition coefficient (Wildman–Crippen LogP) is 5.22. The highest BCUT2D eigenvalue weighted by atomic mass is 35.5. The second-order valence-corrected chi connectivity index (χ2v) is 9.94. The van der Waals surface area contributed by atoms with Crippen LogP contribution < -0.4 is 4.90 Å². The van der Waals surface area contributed by atoms with Crippen LogP contribution >= 0.6 is 11.6 Å². The molecular formula is C29H23ClFN5O3. The Hall–Kier alpha value is -4.50. The number of aromatic nitrogens is 2. The largest absolute Gasteiger partial charge is 0.478 e. The van der Waals surface area contributed by atoms with E-state index in [0.29, 0.717) is 22.0 Å². The third kappa shape index (κ3) is 4.15. The number of halogens is 2. The minimum atomic E-state index is -1.17. The summed E-state index contributed by atoms with van der Waals surface area (Å²) in [6.45, 7) is 1.80. The van der Waals surface area contributed by atoms with Crippen LogP contribution in [0.3, 0.4) is 0 Å². The first-order valence-corrected chi connectivity index (χ1v) is 12.7. The molecule has 0 aliphatic carbocycles. The van der Waals surface area contributed by atoms with Crippen LogP contribution in [0.15, 0.2) is 90.2 Å². The van der Waals surface area contributed by atoms with Crippen molar-refractivity contribution in [3.05, 3.63) is 102 Å². The van der Waals surface area contributed by atoms with E-state index >= 15 is 0 Å². The summed E-state index contributed by atoms with van der Waals surface area (Å²) in [4.78, 5) is 33.5. The quantitative estimate of drug-likeness (QED) is 0.372. The first-order valence-electron chi connectivity index (χ1n) is 12.4. The lowest BCUT2D eigenvalue weighted by molar-refractivity contribution is -0.143. The Labute approximate surface area is 228 Å². The van der Waals surface area contributed by atoms with E-state index in [0.717, 1.165) is 10.9 Å². The van der Waals surface area contributed by atoms with Crippen molar-refractivity contribution in [2.24, 2.45) is 10.9 Å². The summed E-state index contributed by atoms with van der Waals surface area (Å²) >= 11 is 6.67. The molecule has 4 unspecified atom stereocenters. The van der Waals surface area contributed by atoms with Gasteiger partial charge in [0, 0.05) is 28.5 Å². The van der Waals surface area contributed by atoms with Gasteiger partial charge in [0.1, 0.15) is 5.82 Å². The predicted molar refractivity (Wildman–Crippen MR) is 147 cm³/mol. The number of amides is 1. The first kappa shape index (κ1) is 24.8. The standard InChI is InChI=1S/C29H23ClFN5O3/c1-17-25(34-14-4-13-32-27(34)29(38)39)26(22-5-2-3-6-23(22)30)35(28(17)37)21-11-12-24-18(15-21)16-33-36(24)20-9-7-19(31)8-10-20/h2-17,25-27H,1H3,(H,38,39). The van der Waals surface area contributed by atoms with Gasteiger partial charge in [0.2, 0.25) is 12.1 Å². The minimum absolute atomic E-state index is 0.165. The number of hydrogen-bond donors (Lipinski definition) is 1. The number of allylic oxidation sites excluding steroid dienone is 1. The number of nitrogens with zero attached hydrogens (tertiary/aromatic N) is 5. The lowest BCUT2D eigenvalue weighted by Crippen LogP contribution is -2.48. The Morgan fingerprint density at radius 1 is 1.05 bits per heavy atom. The summed E-state index contributed by atoms with van der Waals surface area (Å²) in [7, 11) is 0. The highest BCUT2D eigenvalue weighted by Gasteiger charge is 2.52. The summed E-state index contributed by atoms with van der Waals surface area (Å²) in [5.74, 6) is -2.18. The van der Waals surface area contributed by atoms with Gasteiger partial charge in [-0.1, -0.05) is 36.7 Å². The van der Waals surface area contributed by atoms with Gasteiger partial charge in [-0.15, -0.1) is 0 Å². The topological polar surface area (TPSA) is 91.0 Å². The zero-order valence-corrected chi connectivity index (χ0v) is 21.5. The number of carbonyl (C=O) groups is 2. The normalized spacial score (nSPS) is 22.7. The van der Waals surface area contributed by atoms with E-state index in [9.17, 15) is 19.1 Å². The number of rotatable bonds is 5. The van der Waals surface area contributed by atoms with Gasteiger partial charge in [-0.3, -0.25) is 9.79 Å². The number of fused-ring (bicyclic) bond motifs is 1. The van der Waals surface area contributed by atoms with Gasteiger partial charge < -0.3 is 14.9 Å².